The second-order valence-corrected chi connectivity index (χ2v) is 5.11. The molecule has 5 nitrogen and oxygen atoms in total. The number of benzene rings is 1. The van der Waals surface area contributed by atoms with Crippen LogP contribution in [0.15, 0.2) is 54.9 Å². The summed E-state index contributed by atoms with van der Waals surface area (Å²) in [5.41, 5.74) is 2.33. The summed E-state index contributed by atoms with van der Waals surface area (Å²) in [7, 11) is 0. The van der Waals surface area contributed by atoms with Crippen molar-refractivity contribution in [2.75, 3.05) is 5.32 Å². The van der Waals surface area contributed by atoms with Gasteiger partial charge in [0.05, 0.1) is 10.7 Å². The summed E-state index contributed by atoms with van der Waals surface area (Å²) < 4.78 is 1.61. The Bertz CT molecular complexity index is 815. The average molecular weight is 313 g/mol. The van der Waals surface area contributed by atoms with Gasteiger partial charge in [0.15, 0.2) is 0 Å². The molecule has 22 heavy (non-hydrogen) atoms. The highest BCUT2D eigenvalue weighted by molar-refractivity contribution is 6.33. The van der Waals surface area contributed by atoms with Crippen LogP contribution in [0.5, 0.6) is 0 Å². The summed E-state index contributed by atoms with van der Waals surface area (Å²) in [4.78, 5) is 16.6. The number of carbonyl (C=O) groups is 1. The van der Waals surface area contributed by atoms with Gasteiger partial charge in [0, 0.05) is 18.1 Å². The third-order valence-electron chi connectivity index (χ3n) is 3.09. The lowest BCUT2D eigenvalue weighted by molar-refractivity contribution is 0.102. The van der Waals surface area contributed by atoms with E-state index in [0.29, 0.717) is 22.1 Å². The van der Waals surface area contributed by atoms with Gasteiger partial charge in [-0.2, -0.15) is 5.10 Å². The number of hydrogen-bond acceptors (Lipinski definition) is 3. The molecule has 0 saturated heterocycles. The number of aromatic nitrogens is 3. The quantitative estimate of drug-likeness (QED) is 0.805. The highest BCUT2D eigenvalue weighted by atomic mass is 35.5. The summed E-state index contributed by atoms with van der Waals surface area (Å²) in [5, 5.41) is 7.50. The van der Waals surface area contributed by atoms with E-state index in [0.717, 1.165) is 5.69 Å². The van der Waals surface area contributed by atoms with E-state index in [9.17, 15) is 4.79 Å². The minimum atomic E-state index is -0.292. The minimum absolute atomic E-state index is 0.292. The zero-order chi connectivity index (χ0) is 15.5. The van der Waals surface area contributed by atoms with Crippen LogP contribution in [0.1, 0.15) is 16.2 Å². The van der Waals surface area contributed by atoms with Crippen LogP contribution in [-0.4, -0.2) is 20.7 Å². The third-order valence-corrected chi connectivity index (χ3v) is 3.39. The van der Waals surface area contributed by atoms with Crippen LogP contribution in [0.4, 0.5) is 5.69 Å². The lowest BCUT2D eigenvalue weighted by Gasteiger charge is -2.12. The number of amides is 1. The van der Waals surface area contributed by atoms with E-state index in [4.69, 9.17) is 11.6 Å². The van der Waals surface area contributed by atoms with Gasteiger partial charge in [-0.1, -0.05) is 23.7 Å². The fourth-order valence-electron chi connectivity index (χ4n) is 2.11. The smallest absolute Gasteiger partial charge is 0.274 e. The van der Waals surface area contributed by atoms with Crippen LogP contribution in [0, 0.1) is 6.92 Å². The van der Waals surface area contributed by atoms with E-state index in [1.54, 1.807) is 53.5 Å². The fraction of sp³-hybridized carbons (Fsp3) is 0.0625. The molecular weight excluding hydrogens is 300 g/mol. The first kappa shape index (κ1) is 14.3. The Hall–Kier alpha value is -2.66. The monoisotopic (exact) mass is 312 g/mol. The van der Waals surface area contributed by atoms with Gasteiger partial charge >= 0.3 is 0 Å². The molecule has 3 aromatic rings. The van der Waals surface area contributed by atoms with Crippen molar-refractivity contribution in [3.05, 3.63) is 71.3 Å². The van der Waals surface area contributed by atoms with Crippen molar-refractivity contribution >= 4 is 23.2 Å². The largest absolute Gasteiger partial charge is 0.319 e. The summed E-state index contributed by atoms with van der Waals surface area (Å²) >= 11 is 6.25. The molecule has 0 bridgehead atoms. The molecular formula is C16H13ClN4O. The number of halogens is 1. The van der Waals surface area contributed by atoms with E-state index in [1.165, 1.54) is 0 Å². The molecule has 2 aromatic heterocycles. The Labute approximate surface area is 132 Å². The topological polar surface area (TPSA) is 59.8 Å². The highest BCUT2D eigenvalue weighted by Gasteiger charge is 2.14. The molecule has 110 valence electrons. The van der Waals surface area contributed by atoms with Gasteiger partial charge in [-0.05, 0) is 37.3 Å². The van der Waals surface area contributed by atoms with Crippen LogP contribution < -0.4 is 5.32 Å². The van der Waals surface area contributed by atoms with Crippen LogP contribution in [0.3, 0.4) is 0 Å². The number of rotatable bonds is 3. The summed E-state index contributed by atoms with van der Waals surface area (Å²) in [6, 6.07) is 12.4. The molecule has 1 amide bonds. The van der Waals surface area contributed by atoms with Gasteiger partial charge in [0.1, 0.15) is 11.4 Å². The second-order valence-electron chi connectivity index (χ2n) is 4.70. The maximum atomic E-state index is 12.4. The molecule has 0 radical (unpaired) electrons. The first-order valence-corrected chi connectivity index (χ1v) is 7.06. The maximum Gasteiger partial charge on any atom is 0.274 e. The van der Waals surface area contributed by atoms with Crippen LogP contribution in [-0.2, 0) is 0 Å². The van der Waals surface area contributed by atoms with Crippen molar-refractivity contribution < 1.29 is 4.79 Å². The number of para-hydroxylation sites is 1. The van der Waals surface area contributed by atoms with E-state index in [2.05, 4.69) is 15.4 Å². The van der Waals surface area contributed by atoms with Crippen LogP contribution >= 0.6 is 11.6 Å². The summed E-state index contributed by atoms with van der Waals surface area (Å²) in [6.45, 7) is 1.84. The minimum Gasteiger partial charge on any atom is -0.319 e. The Balaban J connectivity index is 1.96. The zero-order valence-electron chi connectivity index (χ0n) is 11.8. The molecule has 0 unspecified atom stereocenters. The first-order chi connectivity index (χ1) is 10.6. The SMILES string of the molecule is Cc1cccc(C(=O)Nc2cccc(Cl)c2-n2cccn2)n1. The lowest BCUT2D eigenvalue weighted by Crippen LogP contribution is -2.16. The molecule has 0 fully saturated rings. The van der Waals surface area contributed by atoms with Gasteiger partial charge in [0.25, 0.3) is 5.91 Å². The fourth-order valence-corrected chi connectivity index (χ4v) is 2.37. The molecule has 0 aliphatic rings. The summed E-state index contributed by atoms with van der Waals surface area (Å²) in [6.07, 6.45) is 3.42. The van der Waals surface area contributed by atoms with E-state index >= 15 is 0 Å². The van der Waals surface area contributed by atoms with Gasteiger partial charge in [0.2, 0.25) is 0 Å². The van der Waals surface area contributed by atoms with Crippen molar-refractivity contribution in [1.82, 2.24) is 14.8 Å². The van der Waals surface area contributed by atoms with Crippen molar-refractivity contribution in [3.63, 3.8) is 0 Å². The van der Waals surface area contributed by atoms with Crippen LogP contribution in [0.25, 0.3) is 5.69 Å². The number of anilines is 1. The van der Waals surface area contributed by atoms with E-state index in [1.807, 2.05) is 13.0 Å². The molecule has 0 aliphatic heterocycles. The van der Waals surface area contributed by atoms with E-state index < -0.39 is 0 Å². The number of nitrogens with zero attached hydrogens (tertiary/aromatic N) is 3. The number of hydrogen-bond donors (Lipinski definition) is 1. The predicted molar refractivity (Wildman–Crippen MR) is 85.5 cm³/mol. The Morgan fingerprint density at radius 1 is 1.18 bits per heavy atom. The molecule has 2 heterocycles. The standard InChI is InChI=1S/C16H13ClN4O/c1-11-5-2-8-14(19-11)16(22)20-13-7-3-6-12(17)15(13)21-10-4-9-18-21/h2-10H,1H3,(H,20,22). The summed E-state index contributed by atoms with van der Waals surface area (Å²) in [5.74, 6) is -0.292. The van der Waals surface area contributed by atoms with Gasteiger partial charge in [-0.25, -0.2) is 9.67 Å². The average Bonchev–Trinajstić information content (AvgIpc) is 3.01. The molecule has 6 heteroatoms. The number of carbonyl (C=O) groups excluding carboxylic acids is 1. The van der Waals surface area contributed by atoms with Gasteiger partial charge < -0.3 is 5.32 Å². The predicted octanol–water partition coefficient (Wildman–Crippen LogP) is 3.48. The molecule has 1 N–H and O–H groups in total. The normalized spacial score (nSPS) is 10.5. The third kappa shape index (κ3) is 2.84. The van der Waals surface area contributed by atoms with Gasteiger partial charge in [-0.3, -0.25) is 4.79 Å². The van der Waals surface area contributed by atoms with Crippen LogP contribution in [0.2, 0.25) is 5.02 Å². The molecule has 0 spiro atoms. The Kier molecular flexibility index (Phi) is 3.89. The number of pyridine rings is 1. The number of nitrogens with one attached hydrogen (secondary N) is 1. The highest BCUT2D eigenvalue weighted by Crippen LogP contribution is 2.28. The van der Waals surface area contributed by atoms with Crippen molar-refractivity contribution in [3.8, 4) is 5.69 Å². The van der Waals surface area contributed by atoms with Crippen molar-refractivity contribution in [1.29, 1.82) is 0 Å². The maximum absolute atomic E-state index is 12.4. The Morgan fingerprint density at radius 2 is 2.00 bits per heavy atom. The lowest BCUT2D eigenvalue weighted by atomic mass is 10.2. The molecule has 0 saturated carbocycles. The zero-order valence-corrected chi connectivity index (χ0v) is 12.6. The number of aryl methyl sites for hydroxylation is 1. The first-order valence-electron chi connectivity index (χ1n) is 6.69. The van der Waals surface area contributed by atoms with Crippen molar-refractivity contribution in [2.24, 2.45) is 0 Å². The molecule has 3 rings (SSSR count). The Morgan fingerprint density at radius 3 is 2.73 bits per heavy atom. The van der Waals surface area contributed by atoms with Crippen molar-refractivity contribution in [2.45, 2.75) is 6.92 Å². The molecule has 0 atom stereocenters. The molecule has 1 aromatic carbocycles. The van der Waals surface area contributed by atoms with E-state index in [-0.39, 0.29) is 5.91 Å². The molecule has 0 aliphatic carbocycles. The second kappa shape index (κ2) is 5.99. The van der Waals surface area contributed by atoms with Gasteiger partial charge in [-0.15, -0.1) is 0 Å².